The van der Waals surface area contributed by atoms with Gasteiger partial charge in [-0.25, -0.2) is 4.79 Å². The van der Waals surface area contributed by atoms with E-state index < -0.39 is 0 Å². The summed E-state index contributed by atoms with van der Waals surface area (Å²) >= 11 is 4.29. The summed E-state index contributed by atoms with van der Waals surface area (Å²) in [6.45, 7) is 12.6. The average molecular weight is 572 g/mol. The van der Waals surface area contributed by atoms with Crippen LogP contribution in [0.25, 0.3) is 0 Å². The van der Waals surface area contributed by atoms with Crippen LogP contribution in [-0.2, 0) is 4.74 Å². The number of carbonyl (C=O) groups is 1. The van der Waals surface area contributed by atoms with E-state index in [1.165, 1.54) is 57.8 Å². The molecule has 0 bridgehead atoms. The first-order chi connectivity index (χ1) is 17.6. The fourth-order valence-corrected chi connectivity index (χ4v) is 11.2. The van der Waals surface area contributed by atoms with E-state index in [0.717, 1.165) is 48.3 Å². The van der Waals surface area contributed by atoms with Crippen LogP contribution >= 0.6 is 15.9 Å². The van der Waals surface area contributed by atoms with E-state index >= 15 is 0 Å². The summed E-state index contributed by atoms with van der Waals surface area (Å²) < 4.78 is 6.06. The van der Waals surface area contributed by atoms with Crippen molar-refractivity contribution in [3.05, 3.63) is 35.9 Å². The number of hydrogen-bond acceptors (Lipinski definition) is 2. The van der Waals surface area contributed by atoms with Gasteiger partial charge < -0.3 is 4.74 Å². The molecule has 0 unspecified atom stereocenters. The number of ether oxygens (including phenoxy) is 1. The van der Waals surface area contributed by atoms with E-state index in [0.29, 0.717) is 27.1 Å². The third-order valence-corrected chi connectivity index (χ3v) is 13.1. The zero-order chi connectivity index (χ0) is 26.4. The summed E-state index contributed by atoms with van der Waals surface area (Å²) in [5, 5.41) is 0. The molecule has 4 fully saturated rings. The Morgan fingerprint density at radius 3 is 2.38 bits per heavy atom. The highest BCUT2D eigenvalue weighted by atomic mass is 79.9. The minimum absolute atomic E-state index is 0.0680. The second-order valence-corrected chi connectivity index (χ2v) is 15.6. The van der Waals surface area contributed by atoms with Crippen molar-refractivity contribution >= 4 is 21.9 Å². The van der Waals surface area contributed by atoms with Gasteiger partial charge in [-0.3, -0.25) is 0 Å². The molecule has 0 aliphatic heterocycles. The molecule has 10 atom stereocenters. The van der Waals surface area contributed by atoms with E-state index in [9.17, 15) is 4.79 Å². The summed E-state index contributed by atoms with van der Waals surface area (Å²) in [4.78, 5) is 13.4. The van der Waals surface area contributed by atoms with Crippen molar-refractivity contribution in [2.24, 2.45) is 52.3 Å². The van der Waals surface area contributed by atoms with Crippen molar-refractivity contribution in [3.8, 4) is 0 Å². The molecule has 0 radical (unpaired) electrons. The zero-order valence-corrected chi connectivity index (χ0v) is 25.6. The van der Waals surface area contributed by atoms with E-state index in [-0.39, 0.29) is 12.1 Å². The Morgan fingerprint density at radius 2 is 1.65 bits per heavy atom. The molecule has 5 rings (SSSR count). The van der Waals surface area contributed by atoms with Gasteiger partial charge in [0.15, 0.2) is 0 Å². The first-order valence-electron chi connectivity index (χ1n) is 15.5. The SMILES string of the molecule is CC(C)CCC[C@@H](C)[C@H]1CC[C@H]2[C@@H]3[C@H](Br)C[C@H]4C[C@@H](OC(=O)c5ccccc5)CC[C@]4(C)[C@H]3CC[C@]12C. The van der Waals surface area contributed by atoms with E-state index in [1.54, 1.807) is 0 Å². The fraction of sp³-hybridized carbons (Fsp3) is 0.794. The lowest BCUT2D eigenvalue weighted by Crippen LogP contribution is -2.57. The van der Waals surface area contributed by atoms with Gasteiger partial charge in [0.1, 0.15) is 6.10 Å². The minimum atomic E-state index is -0.147. The Bertz CT molecular complexity index is 929. The van der Waals surface area contributed by atoms with Gasteiger partial charge in [-0.05, 0) is 116 Å². The van der Waals surface area contributed by atoms with Gasteiger partial charge in [0.25, 0.3) is 0 Å². The van der Waals surface area contributed by atoms with Crippen LogP contribution < -0.4 is 0 Å². The Kier molecular flexibility index (Phi) is 8.22. The molecular formula is C34H51BrO2. The highest BCUT2D eigenvalue weighted by Gasteiger charge is 2.62. The van der Waals surface area contributed by atoms with Crippen LogP contribution in [0.2, 0.25) is 0 Å². The maximum absolute atomic E-state index is 12.8. The molecular weight excluding hydrogens is 520 g/mol. The minimum Gasteiger partial charge on any atom is -0.459 e. The molecule has 0 saturated heterocycles. The van der Waals surface area contributed by atoms with E-state index in [4.69, 9.17) is 4.74 Å². The highest BCUT2D eigenvalue weighted by Crippen LogP contribution is 2.69. The monoisotopic (exact) mass is 570 g/mol. The summed E-state index contributed by atoms with van der Waals surface area (Å²) in [5.41, 5.74) is 1.60. The number of hydrogen-bond donors (Lipinski definition) is 0. The molecule has 0 spiro atoms. The smallest absolute Gasteiger partial charge is 0.338 e. The van der Waals surface area contributed by atoms with Crippen LogP contribution in [-0.4, -0.2) is 16.9 Å². The molecule has 0 heterocycles. The maximum atomic E-state index is 12.8. The van der Waals surface area contributed by atoms with Crippen LogP contribution in [0.15, 0.2) is 30.3 Å². The Balaban J connectivity index is 1.26. The summed E-state index contributed by atoms with van der Waals surface area (Å²) in [6.07, 6.45) is 14.5. The largest absolute Gasteiger partial charge is 0.459 e. The van der Waals surface area contributed by atoms with Gasteiger partial charge in [-0.2, -0.15) is 0 Å². The lowest BCUT2D eigenvalue weighted by molar-refractivity contribution is -0.126. The van der Waals surface area contributed by atoms with Crippen LogP contribution in [0.5, 0.6) is 0 Å². The number of fused-ring (bicyclic) bond motifs is 5. The van der Waals surface area contributed by atoms with Gasteiger partial charge in [0, 0.05) is 4.83 Å². The van der Waals surface area contributed by atoms with Crippen molar-refractivity contribution in [1.29, 1.82) is 0 Å². The molecule has 1 aromatic carbocycles. The standard InChI is InChI=1S/C34H51BrO2/c1-22(2)10-9-11-23(3)27-14-15-28-31-29(17-19-34(27,28)5)33(4)18-16-26(20-25(33)21-30(31)35)37-32(36)24-12-7-6-8-13-24/h6-8,12-13,22-23,25-31H,9-11,14-21H2,1-5H3/t23-,25-,26+,27-,28+,29+,30-,31+,33+,34-/m1/s1. The number of benzene rings is 1. The van der Waals surface area contributed by atoms with Crippen molar-refractivity contribution in [2.45, 2.75) is 116 Å². The second kappa shape index (κ2) is 11.0. The first kappa shape index (κ1) is 27.7. The molecule has 37 heavy (non-hydrogen) atoms. The van der Waals surface area contributed by atoms with Gasteiger partial charge in [0.2, 0.25) is 0 Å². The molecule has 4 aliphatic rings. The van der Waals surface area contributed by atoms with Crippen LogP contribution in [0, 0.1) is 52.3 Å². The lowest BCUT2D eigenvalue weighted by atomic mass is 9.44. The molecule has 0 N–H and O–H groups in total. The molecule has 3 heteroatoms. The average Bonchev–Trinajstić information content (AvgIpc) is 3.22. The fourth-order valence-electron chi connectivity index (χ4n) is 10.1. The molecule has 4 aliphatic carbocycles. The summed E-state index contributed by atoms with van der Waals surface area (Å²) in [7, 11) is 0. The number of carbonyl (C=O) groups excluding carboxylic acids is 1. The van der Waals surface area contributed by atoms with Crippen molar-refractivity contribution in [2.75, 3.05) is 0 Å². The zero-order valence-electron chi connectivity index (χ0n) is 24.1. The molecule has 206 valence electrons. The number of esters is 1. The van der Waals surface area contributed by atoms with E-state index in [1.807, 2.05) is 30.3 Å². The quantitative estimate of drug-likeness (QED) is 0.241. The lowest BCUT2D eigenvalue weighted by Gasteiger charge is -2.62. The predicted molar refractivity (Wildman–Crippen MR) is 157 cm³/mol. The molecule has 1 aromatic rings. The second-order valence-electron chi connectivity index (χ2n) is 14.4. The Morgan fingerprint density at radius 1 is 0.946 bits per heavy atom. The van der Waals surface area contributed by atoms with Gasteiger partial charge in [0.05, 0.1) is 5.56 Å². The normalized spacial score (nSPS) is 42.0. The van der Waals surface area contributed by atoms with Gasteiger partial charge in [-0.15, -0.1) is 0 Å². The Hall–Kier alpha value is -0.830. The number of alkyl halides is 1. The topological polar surface area (TPSA) is 26.3 Å². The molecule has 0 aromatic heterocycles. The van der Waals surface area contributed by atoms with Gasteiger partial charge in [-0.1, -0.05) is 88.0 Å². The summed E-state index contributed by atoms with van der Waals surface area (Å²) in [5.74, 6) is 5.61. The number of halogens is 1. The maximum Gasteiger partial charge on any atom is 0.338 e. The third kappa shape index (κ3) is 5.21. The van der Waals surface area contributed by atoms with Crippen LogP contribution in [0.1, 0.15) is 116 Å². The summed E-state index contributed by atoms with van der Waals surface area (Å²) in [6, 6.07) is 9.53. The van der Waals surface area contributed by atoms with Crippen LogP contribution in [0.3, 0.4) is 0 Å². The molecule has 4 saturated carbocycles. The van der Waals surface area contributed by atoms with Crippen molar-refractivity contribution in [3.63, 3.8) is 0 Å². The third-order valence-electron chi connectivity index (χ3n) is 12.1. The van der Waals surface area contributed by atoms with Crippen LogP contribution in [0.4, 0.5) is 0 Å². The van der Waals surface area contributed by atoms with Crippen molar-refractivity contribution in [1.82, 2.24) is 0 Å². The highest BCUT2D eigenvalue weighted by molar-refractivity contribution is 9.09. The van der Waals surface area contributed by atoms with Gasteiger partial charge >= 0.3 is 5.97 Å². The number of rotatable bonds is 7. The molecule has 0 amide bonds. The van der Waals surface area contributed by atoms with E-state index in [2.05, 4.69) is 50.5 Å². The van der Waals surface area contributed by atoms with Crippen molar-refractivity contribution < 1.29 is 9.53 Å². The Labute approximate surface area is 235 Å². The first-order valence-corrected chi connectivity index (χ1v) is 16.4. The molecule has 2 nitrogen and oxygen atoms in total. The predicted octanol–water partition coefficient (Wildman–Crippen LogP) is 9.71.